The summed E-state index contributed by atoms with van der Waals surface area (Å²) in [6.07, 6.45) is 3.27. The van der Waals surface area contributed by atoms with Gasteiger partial charge in [0.1, 0.15) is 0 Å². The molecule has 1 aromatic heterocycles. The standard InChI is InChI=1S/C15H19N3O/c1-11-17-15(19-18-11)7-8-16-14-9-13(10-14)12-5-3-2-4-6-12/h2-6,13-14,16H,7-10H2,1H3. The van der Waals surface area contributed by atoms with E-state index >= 15 is 0 Å². The largest absolute Gasteiger partial charge is 0.339 e. The van der Waals surface area contributed by atoms with E-state index in [-0.39, 0.29) is 0 Å². The van der Waals surface area contributed by atoms with Crippen LogP contribution >= 0.6 is 0 Å². The third kappa shape index (κ3) is 3.01. The van der Waals surface area contributed by atoms with Crippen LogP contribution in [0.5, 0.6) is 0 Å². The summed E-state index contributed by atoms with van der Waals surface area (Å²) in [5.41, 5.74) is 1.47. The Labute approximate surface area is 113 Å². The second kappa shape index (κ2) is 5.53. The van der Waals surface area contributed by atoms with E-state index in [1.54, 1.807) is 0 Å². The number of aromatic nitrogens is 2. The zero-order valence-corrected chi connectivity index (χ0v) is 11.2. The van der Waals surface area contributed by atoms with E-state index in [0.29, 0.717) is 11.9 Å². The molecule has 0 amide bonds. The third-order valence-corrected chi connectivity index (χ3v) is 3.75. The summed E-state index contributed by atoms with van der Waals surface area (Å²) in [5.74, 6) is 2.16. The molecule has 19 heavy (non-hydrogen) atoms. The molecule has 1 N–H and O–H groups in total. The van der Waals surface area contributed by atoms with Crippen molar-refractivity contribution in [2.45, 2.75) is 38.1 Å². The lowest BCUT2D eigenvalue weighted by Gasteiger charge is -2.36. The van der Waals surface area contributed by atoms with E-state index < -0.39 is 0 Å². The highest BCUT2D eigenvalue weighted by Crippen LogP contribution is 2.36. The molecule has 1 aromatic carbocycles. The number of hydrogen-bond acceptors (Lipinski definition) is 4. The van der Waals surface area contributed by atoms with E-state index in [2.05, 4.69) is 45.8 Å². The van der Waals surface area contributed by atoms with E-state index in [4.69, 9.17) is 4.52 Å². The normalized spacial score (nSPS) is 22.2. The van der Waals surface area contributed by atoms with Crippen LogP contribution in [-0.2, 0) is 6.42 Å². The molecular formula is C15H19N3O. The molecule has 3 rings (SSSR count). The highest BCUT2D eigenvalue weighted by molar-refractivity contribution is 5.22. The van der Waals surface area contributed by atoms with Crippen LogP contribution in [0.25, 0.3) is 0 Å². The predicted octanol–water partition coefficient (Wildman–Crippen LogP) is 2.46. The molecule has 100 valence electrons. The van der Waals surface area contributed by atoms with Crippen molar-refractivity contribution >= 4 is 0 Å². The molecule has 1 heterocycles. The molecule has 0 radical (unpaired) electrons. The van der Waals surface area contributed by atoms with Gasteiger partial charge in [-0.05, 0) is 31.2 Å². The van der Waals surface area contributed by atoms with Crippen molar-refractivity contribution in [3.63, 3.8) is 0 Å². The number of rotatable bonds is 5. The van der Waals surface area contributed by atoms with Crippen molar-refractivity contribution in [2.75, 3.05) is 6.54 Å². The Hall–Kier alpha value is -1.68. The summed E-state index contributed by atoms with van der Waals surface area (Å²) in [6, 6.07) is 11.4. The first-order chi connectivity index (χ1) is 9.31. The van der Waals surface area contributed by atoms with Gasteiger partial charge in [-0.25, -0.2) is 0 Å². The Morgan fingerprint density at radius 3 is 2.74 bits per heavy atom. The average molecular weight is 257 g/mol. The summed E-state index contributed by atoms with van der Waals surface area (Å²) in [5, 5.41) is 7.34. The van der Waals surface area contributed by atoms with Crippen LogP contribution in [0.3, 0.4) is 0 Å². The number of hydrogen-bond donors (Lipinski definition) is 1. The van der Waals surface area contributed by atoms with Crippen LogP contribution in [0, 0.1) is 6.92 Å². The van der Waals surface area contributed by atoms with E-state index in [1.165, 1.54) is 18.4 Å². The van der Waals surface area contributed by atoms with Gasteiger partial charge < -0.3 is 9.84 Å². The Morgan fingerprint density at radius 2 is 2.05 bits per heavy atom. The quantitative estimate of drug-likeness (QED) is 0.894. The molecule has 1 fully saturated rings. The van der Waals surface area contributed by atoms with Gasteiger partial charge in [-0.3, -0.25) is 0 Å². The predicted molar refractivity (Wildman–Crippen MR) is 72.9 cm³/mol. The SMILES string of the molecule is Cc1noc(CCNC2CC(c3ccccc3)C2)n1. The Morgan fingerprint density at radius 1 is 1.26 bits per heavy atom. The lowest BCUT2D eigenvalue weighted by Crippen LogP contribution is -2.40. The van der Waals surface area contributed by atoms with Crippen molar-refractivity contribution < 1.29 is 4.52 Å². The van der Waals surface area contributed by atoms with Gasteiger partial charge in [0, 0.05) is 19.0 Å². The van der Waals surface area contributed by atoms with Crippen LogP contribution in [-0.4, -0.2) is 22.7 Å². The third-order valence-electron chi connectivity index (χ3n) is 3.75. The van der Waals surface area contributed by atoms with Gasteiger partial charge in [0.05, 0.1) is 0 Å². The monoisotopic (exact) mass is 257 g/mol. The van der Waals surface area contributed by atoms with E-state index in [1.807, 2.05) is 6.92 Å². The molecule has 1 aliphatic rings. The van der Waals surface area contributed by atoms with Gasteiger partial charge in [0.25, 0.3) is 0 Å². The number of nitrogens with zero attached hydrogens (tertiary/aromatic N) is 2. The fourth-order valence-corrected chi connectivity index (χ4v) is 2.61. The van der Waals surface area contributed by atoms with Crippen molar-refractivity contribution in [2.24, 2.45) is 0 Å². The molecule has 0 spiro atoms. The first-order valence-corrected chi connectivity index (χ1v) is 6.89. The smallest absolute Gasteiger partial charge is 0.227 e. The number of benzene rings is 1. The molecule has 4 heteroatoms. The zero-order valence-electron chi connectivity index (χ0n) is 11.2. The number of nitrogens with one attached hydrogen (secondary N) is 1. The minimum absolute atomic E-state index is 0.634. The highest BCUT2D eigenvalue weighted by Gasteiger charge is 2.29. The zero-order chi connectivity index (χ0) is 13.1. The van der Waals surface area contributed by atoms with Crippen LogP contribution in [0.2, 0.25) is 0 Å². The summed E-state index contributed by atoms with van der Waals surface area (Å²) >= 11 is 0. The van der Waals surface area contributed by atoms with Gasteiger partial charge in [-0.2, -0.15) is 4.98 Å². The average Bonchev–Trinajstić information content (AvgIpc) is 2.79. The molecule has 0 aliphatic heterocycles. The molecule has 0 saturated heterocycles. The van der Waals surface area contributed by atoms with E-state index in [9.17, 15) is 0 Å². The first kappa shape index (κ1) is 12.4. The molecular weight excluding hydrogens is 238 g/mol. The molecule has 4 nitrogen and oxygen atoms in total. The van der Waals surface area contributed by atoms with Crippen molar-refractivity contribution in [1.82, 2.24) is 15.5 Å². The number of aryl methyl sites for hydroxylation is 1. The molecule has 0 atom stereocenters. The van der Waals surface area contributed by atoms with Crippen molar-refractivity contribution in [1.29, 1.82) is 0 Å². The minimum atomic E-state index is 0.634. The fraction of sp³-hybridized carbons (Fsp3) is 0.467. The second-order valence-corrected chi connectivity index (χ2v) is 5.22. The Kier molecular flexibility index (Phi) is 3.60. The van der Waals surface area contributed by atoms with Gasteiger partial charge in [0.2, 0.25) is 5.89 Å². The summed E-state index contributed by atoms with van der Waals surface area (Å²) in [4.78, 5) is 4.20. The minimum Gasteiger partial charge on any atom is -0.339 e. The maximum atomic E-state index is 5.09. The second-order valence-electron chi connectivity index (χ2n) is 5.22. The van der Waals surface area contributed by atoms with Crippen LogP contribution in [0.1, 0.15) is 36.0 Å². The van der Waals surface area contributed by atoms with Crippen molar-refractivity contribution in [3.05, 3.63) is 47.6 Å². The maximum Gasteiger partial charge on any atom is 0.227 e. The lowest BCUT2D eigenvalue weighted by molar-refractivity contribution is 0.287. The molecule has 1 saturated carbocycles. The summed E-state index contributed by atoms with van der Waals surface area (Å²) < 4.78 is 5.09. The first-order valence-electron chi connectivity index (χ1n) is 6.89. The molecule has 2 aromatic rings. The molecule has 1 aliphatic carbocycles. The van der Waals surface area contributed by atoms with Gasteiger partial charge in [0.15, 0.2) is 5.82 Å². The summed E-state index contributed by atoms with van der Waals surface area (Å²) in [6.45, 7) is 2.75. The van der Waals surface area contributed by atoms with Crippen molar-refractivity contribution in [3.8, 4) is 0 Å². The van der Waals surface area contributed by atoms with Gasteiger partial charge >= 0.3 is 0 Å². The van der Waals surface area contributed by atoms with E-state index in [0.717, 1.165) is 24.8 Å². The van der Waals surface area contributed by atoms with Gasteiger partial charge in [-0.1, -0.05) is 35.5 Å². The Balaban J connectivity index is 1.38. The molecule has 0 bridgehead atoms. The maximum absolute atomic E-state index is 5.09. The topological polar surface area (TPSA) is 51.0 Å². The van der Waals surface area contributed by atoms with Crippen LogP contribution in [0.4, 0.5) is 0 Å². The highest BCUT2D eigenvalue weighted by atomic mass is 16.5. The summed E-state index contributed by atoms with van der Waals surface area (Å²) in [7, 11) is 0. The van der Waals surface area contributed by atoms with Gasteiger partial charge in [-0.15, -0.1) is 0 Å². The molecule has 0 unspecified atom stereocenters. The van der Waals surface area contributed by atoms with Crippen LogP contribution in [0.15, 0.2) is 34.9 Å². The Bertz CT molecular complexity index is 517. The fourth-order valence-electron chi connectivity index (χ4n) is 2.61. The lowest BCUT2D eigenvalue weighted by atomic mass is 9.76. The van der Waals surface area contributed by atoms with Crippen LogP contribution < -0.4 is 5.32 Å².